The van der Waals surface area contributed by atoms with Crippen LogP contribution in [0, 0.1) is 6.92 Å². The van der Waals surface area contributed by atoms with Crippen LogP contribution in [0.4, 0.5) is 0 Å². The SMILES string of the molecule is Cc1ccc2ccccc2c1OC(CC(C)(C)N)c1cscn1.O=P(O)(O)O. The zero-order valence-electron chi connectivity index (χ0n) is 15.9. The maximum Gasteiger partial charge on any atom is 0.466 e. The number of ether oxygens (including phenoxy) is 1. The Morgan fingerprint density at radius 3 is 2.43 bits per heavy atom. The van der Waals surface area contributed by atoms with Crippen LogP contribution in [0.5, 0.6) is 5.75 Å². The van der Waals surface area contributed by atoms with E-state index in [4.69, 9.17) is 29.7 Å². The summed E-state index contributed by atoms with van der Waals surface area (Å²) in [5.41, 5.74) is 9.82. The van der Waals surface area contributed by atoms with E-state index in [9.17, 15) is 0 Å². The van der Waals surface area contributed by atoms with Crippen molar-refractivity contribution in [1.29, 1.82) is 0 Å². The van der Waals surface area contributed by atoms with Crippen molar-refractivity contribution in [3.63, 3.8) is 0 Å². The number of aromatic nitrogens is 1. The molecule has 3 rings (SSSR count). The Morgan fingerprint density at radius 2 is 1.86 bits per heavy atom. The molecule has 0 fully saturated rings. The molecule has 0 aliphatic rings. The van der Waals surface area contributed by atoms with Gasteiger partial charge >= 0.3 is 7.82 Å². The van der Waals surface area contributed by atoms with Crippen molar-refractivity contribution in [2.24, 2.45) is 5.73 Å². The Kier molecular flexibility index (Phi) is 7.33. The molecular weight excluding hydrogens is 399 g/mol. The lowest BCUT2D eigenvalue weighted by molar-refractivity contribution is 0.165. The van der Waals surface area contributed by atoms with Crippen LogP contribution in [0.3, 0.4) is 0 Å². The summed E-state index contributed by atoms with van der Waals surface area (Å²) in [4.78, 5) is 26.0. The Balaban J connectivity index is 0.000000500. The molecule has 1 unspecified atom stereocenters. The number of fused-ring (bicyclic) bond motifs is 1. The van der Waals surface area contributed by atoms with Crippen LogP contribution in [-0.2, 0) is 4.57 Å². The normalized spacial score (nSPS) is 13.0. The molecule has 0 saturated carbocycles. The Labute approximate surface area is 168 Å². The highest BCUT2D eigenvalue weighted by atomic mass is 32.1. The van der Waals surface area contributed by atoms with Gasteiger partial charge in [0.05, 0.1) is 11.2 Å². The first kappa shape index (κ1) is 22.5. The highest BCUT2D eigenvalue weighted by molar-refractivity contribution is 7.45. The first-order valence-electron chi connectivity index (χ1n) is 8.54. The number of hydrogen-bond acceptors (Lipinski definition) is 5. The first-order chi connectivity index (χ1) is 12.9. The van der Waals surface area contributed by atoms with E-state index in [1.165, 1.54) is 5.39 Å². The monoisotopic (exact) mass is 424 g/mol. The fraction of sp³-hybridized carbons (Fsp3) is 0.316. The average Bonchev–Trinajstić information content (AvgIpc) is 3.08. The average molecular weight is 424 g/mol. The lowest BCUT2D eigenvalue weighted by Gasteiger charge is -2.27. The van der Waals surface area contributed by atoms with Crippen LogP contribution < -0.4 is 10.5 Å². The van der Waals surface area contributed by atoms with Gasteiger partial charge in [0.15, 0.2) is 0 Å². The molecule has 2 aromatic carbocycles. The molecule has 5 N–H and O–H groups in total. The summed E-state index contributed by atoms with van der Waals surface area (Å²) in [6.45, 7) is 6.12. The van der Waals surface area contributed by atoms with Crippen LogP contribution in [-0.4, -0.2) is 25.2 Å². The van der Waals surface area contributed by atoms with Crippen molar-refractivity contribution >= 4 is 29.9 Å². The van der Waals surface area contributed by atoms with Gasteiger partial charge in [0, 0.05) is 22.7 Å². The Morgan fingerprint density at radius 1 is 1.21 bits per heavy atom. The van der Waals surface area contributed by atoms with E-state index in [1.807, 2.05) is 36.9 Å². The molecule has 0 aliphatic carbocycles. The maximum absolute atomic E-state index is 8.88. The van der Waals surface area contributed by atoms with Gasteiger partial charge in [-0.15, -0.1) is 11.3 Å². The van der Waals surface area contributed by atoms with Crippen molar-refractivity contribution < 1.29 is 24.0 Å². The van der Waals surface area contributed by atoms with Crippen LogP contribution in [0.25, 0.3) is 10.8 Å². The Hall–Kier alpha value is -1.80. The first-order valence-corrected chi connectivity index (χ1v) is 11.0. The summed E-state index contributed by atoms with van der Waals surface area (Å²) in [6.07, 6.45) is 0.560. The van der Waals surface area contributed by atoms with Gasteiger partial charge in [-0.3, -0.25) is 0 Å². The number of aryl methyl sites for hydroxylation is 1. The predicted molar refractivity (Wildman–Crippen MR) is 111 cm³/mol. The molecule has 0 aliphatic heterocycles. The van der Waals surface area contributed by atoms with Gasteiger partial charge in [0.1, 0.15) is 11.9 Å². The lowest BCUT2D eigenvalue weighted by Crippen LogP contribution is -2.35. The fourth-order valence-corrected chi connectivity index (χ4v) is 3.31. The van der Waals surface area contributed by atoms with Crippen LogP contribution in [0.2, 0.25) is 0 Å². The molecule has 9 heteroatoms. The van der Waals surface area contributed by atoms with Crippen LogP contribution in [0.1, 0.15) is 37.6 Å². The molecule has 0 spiro atoms. The zero-order chi connectivity index (χ0) is 20.9. The van der Waals surface area contributed by atoms with Crippen LogP contribution in [0.15, 0.2) is 47.3 Å². The van der Waals surface area contributed by atoms with Gasteiger partial charge in [0.2, 0.25) is 0 Å². The van der Waals surface area contributed by atoms with Gasteiger partial charge in [0.25, 0.3) is 0 Å². The van der Waals surface area contributed by atoms with E-state index in [0.29, 0.717) is 6.42 Å². The summed E-state index contributed by atoms with van der Waals surface area (Å²) in [7, 11) is -4.64. The molecule has 0 bridgehead atoms. The molecule has 1 heterocycles. The maximum atomic E-state index is 8.88. The molecule has 152 valence electrons. The number of phosphoric acid groups is 1. The predicted octanol–water partition coefficient (Wildman–Crippen LogP) is 3.92. The summed E-state index contributed by atoms with van der Waals surface area (Å²) >= 11 is 1.58. The number of thiazole rings is 1. The van der Waals surface area contributed by atoms with E-state index in [-0.39, 0.29) is 11.6 Å². The summed E-state index contributed by atoms with van der Waals surface area (Å²) in [6, 6.07) is 12.5. The molecule has 1 atom stereocenters. The molecule has 7 nitrogen and oxygen atoms in total. The number of benzene rings is 2. The number of nitrogens with zero attached hydrogens (tertiary/aromatic N) is 1. The van der Waals surface area contributed by atoms with Gasteiger partial charge < -0.3 is 25.2 Å². The summed E-state index contributed by atoms with van der Waals surface area (Å²) in [5.74, 6) is 0.922. The second kappa shape index (κ2) is 9.13. The van der Waals surface area contributed by atoms with E-state index in [1.54, 1.807) is 11.3 Å². The van der Waals surface area contributed by atoms with Crippen LogP contribution >= 0.6 is 19.2 Å². The van der Waals surface area contributed by atoms with E-state index in [2.05, 4.69) is 36.2 Å². The minimum absolute atomic E-state index is 0.147. The molecular formula is C19H25N2O5PS. The van der Waals surface area contributed by atoms with Gasteiger partial charge in [-0.1, -0.05) is 36.4 Å². The molecule has 0 amide bonds. The van der Waals surface area contributed by atoms with Crippen molar-refractivity contribution in [3.8, 4) is 5.75 Å². The molecule has 28 heavy (non-hydrogen) atoms. The van der Waals surface area contributed by atoms with E-state index < -0.39 is 7.82 Å². The van der Waals surface area contributed by atoms with Crippen molar-refractivity contribution in [1.82, 2.24) is 4.98 Å². The third-order valence-electron chi connectivity index (χ3n) is 3.83. The largest absolute Gasteiger partial charge is 0.483 e. The zero-order valence-corrected chi connectivity index (χ0v) is 17.7. The van der Waals surface area contributed by atoms with E-state index in [0.717, 1.165) is 22.4 Å². The van der Waals surface area contributed by atoms with Crippen molar-refractivity contribution in [2.75, 3.05) is 0 Å². The third-order valence-corrected chi connectivity index (χ3v) is 4.43. The number of hydrogen-bond donors (Lipinski definition) is 4. The van der Waals surface area contributed by atoms with Crippen molar-refractivity contribution in [2.45, 2.75) is 38.8 Å². The standard InChI is InChI=1S/C19H22N2OS.H3O4P/c1-13-8-9-14-6-4-5-7-15(14)18(13)22-17(10-19(2,3)20)16-11-23-12-21-16;1-5(2,3)4/h4-9,11-12,17H,10,20H2,1-3H3;(H3,1,2,3,4). The molecule has 0 radical (unpaired) electrons. The number of rotatable bonds is 5. The highest BCUT2D eigenvalue weighted by Gasteiger charge is 2.25. The topological polar surface area (TPSA) is 126 Å². The van der Waals surface area contributed by atoms with Gasteiger partial charge in [-0.05, 0) is 31.7 Å². The quantitative estimate of drug-likeness (QED) is 0.457. The van der Waals surface area contributed by atoms with E-state index >= 15 is 0 Å². The molecule has 0 saturated heterocycles. The summed E-state index contributed by atoms with van der Waals surface area (Å²) in [5, 5.41) is 4.34. The lowest BCUT2D eigenvalue weighted by atomic mass is 9.96. The van der Waals surface area contributed by atoms with Gasteiger partial charge in [-0.2, -0.15) is 0 Å². The smallest absolute Gasteiger partial charge is 0.466 e. The van der Waals surface area contributed by atoms with Gasteiger partial charge in [-0.25, -0.2) is 9.55 Å². The third kappa shape index (κ3) is 7.31. The Bertz CT molecular complexity index is 942. The minimum atomic E-state index is -4.64. The second-order valence-corrected chi connectivity index (χ2v) is 8.90. The minimum Gasteiger partial charge on any atom is -0.483 e. The summed E-state index contributed by atoms with van der Waals surface area (Å²) < 4.78 is 15.3. The fourth-order valence-electron chi connectivity index (χ4n) is 2.72. The number of nitrogens with two attached hydrogens (primary N) is 1. The highest BCUT2D eigenvalue weighted by Crippen LogP contribution is 2.35. The molecule has 1 aromatic heterocycles. The molecule has 3 aromatic rings. The van der Waals surface area contributed by atoms with Crippen molar-refractivity contribution in [3.05, 3.63) is 58.5 Å². The second-order valence-electron chi connectivity index (χ2n) is 7.16.